The highest BCUT2D eigenvalue weighted by atomic mass is 19.2. The first-order chi connectivity index (χ1) is 6.74. The van der Waals surface area contributed by atoms with E-state index in [2.05, 4.69) is 0 Å². The molecule has 0 aromatic heterocycles. The highest BCUT2D eigenvalue weighted by molar-refractivity contribution is 5.74. The van der Waals surface area contributed by atoms with Crippen LogP contribution in [0.15, 0.2) is 18.2 Å². The number of carbonyl (C=O) groups is 1. The van der Waals surface area contributed by atoms with Crippen molar-refractivity contribution in [2.75, 3.05) is 0 Å². The van der Waals surface area contributed by atoms with Crippen molar-refractivity contribution in [3.8, 4) is 0 Å². The van der Waals surface area contributed by atoms with Gasteiger partial charge in [0.2, 0.25) is 0 Å². The third kappa shape index (κ3) is 5.41. The van der Waals surface area contributed by atoms with Gasteiger partial charge in [-0.05, 0) is 18.2 Å². The zero-order valence-electron chi connectivity index (χ0n) is 8.97. The average molecular weight is 202 g/mol. The van der Waals surface area contributed by atoms with E-state index in [1.807, 2.05) is 27.7 Å². The fraction of sp³-hybridized carbons (Fsp3) is 0.364. The van der Waals surface area contributed by atoms with Crippen LogP contribution in [-0.2, 0) is 0 Å². The molecule has 0 atom stereocenters. The van der Waals surface area contributed by atoms with Crippen molar-refractivity contribution >= 4 is 6.29 Å². The van der Waals surface area contributed by atoms with E-state index in [9.17, 15) is 13.6 Å². The standard InChI is InChI=1S/C7H4F2O.2C2H6/c8-6-2-1-5(4-10)3-7(6)9;2*1-2/h1-4H;2*1-2H3. The highest BCUT2D eigenvalue weighted by Crippen LogP contribution is 2.06. The van der Waals surface area contributed by atoms with Crippen molar-refractivity contribution in [3.63, 3.8) is 0 Å². The molecule has 0 aliphatic carbocycles. The van der Waals surface area contributed by atoms with Crippen LogP contribution >= 0.6 is 0 Å². The number of benzene rings is 1. The second-order valence-corrected chi connectivity index (χ2v) is 1.79. The molecular formula is C11H16F2O. The zero-order chi connectivity index (χ0) is 11.6. The van der Waals surface area contributed by atoms with Gasteiger partial charge in [-0.15, -0.1) is 0 Å². The van der Waals surface area contributed by atoms with E-state index in [1.54, 1.807) is 0 Å². The molecule has 1 nitrogen and oxygen atoms in total. The lowest BCUT2D eigenvalue weighted by atomic mass is 10.2. The number of hydrogen-bond donors (Lipinski definition) is 0. The molecular weight excluding hydrogens is 186 g/mol. The Morgan fingerprint density at radius 3 is 1.86 bits per heavy atom. The molecule has 0 heterocycles. The molecule has 0 radical (unpaired) electrons. The van der Waals surface area contributed by atoms with E-state index in [0.717, 1.165) is 12.1 Å². The summed E-state index contributed by atoms with van der Waals surface area (Å²) in [5.74, 6) is -1.94. The van der Waals surface area contributed by atoms with Crippen molar-refractivity contribution in [2.45, 2.75) is 27.7 Å². The van der Waals surface area contributed by atoms with Gasteiger partial charge in [0.1, 0.15) is 6.29 Å². The summed E-state index contributed by atoms with van der Waals surface area (Å²) in [6.07, 6.45) is 0.461. The maximum Gasteiger partial charge on any atom is 0.159 e. The van der Waals surface area contributed by atoms with E-state index in [1.165, 1.54) is 6.07 Å². The van der Waals surface area contributed by atoms with Crippen LogP contribution in [0.4, 0.5) is 8.78 Å². The van der Waals surface area contributed by atoms with Crippen molar-refractivity contribution in [1.29, 1.82) is 0 Å². The predicted octanol–water partition coefficient (Wildman–Crippen LogP) is 3.83. The number of halogens is 2. The Morgan fingerprint density at radius 1 is 1.00 bits per heavy atom. The topological polar surface area (TPSA) is 17.1 Å². The molecule has 0 N–H and O–H groups in total. The van der Waals surface area contributed by atoms with Gasteiger partial charge < -0.3 is 0 Å². The molecule has 1 aromatic rings. The number of carbonyl (C=O) groups excluding carboxylic acids is 1. The molecule has 1 rings (SSSR count). The largest absolute Gasteiger partial charge is 0.298 e. The monoisotopic (exact) mass is 202 g/mol. The van der Waals surface area contributed by atoms with Gasteiger partial charge >= 0.3 is 0 Å². The Bertz CT molecular complexity index is 259. The summed E-state index contributed by atoms with van der Waals surface area (Å²) in [6, 6.07) is 2.98. The lowest BCUT2D eigenvalue weighted by Crippen LogP contribution is -1.86. The maximum atomic E-state index is 12.2. The Balaban J connectivity index is 0. The van der Waals surface area contributed by atoms with E-state index in [0.29, 0.717) is 6.29 Å². The van der Waals surface area contributed by atoms with Crippen LogP contribution < -0.4 is 0 Å². The Morgan fingerprint density at radius 2 is 1.50 bits per heavy atom. The van der Waals surface area contributed by atoms with Crippen molar-refractivity contribution in [1.82, 2.24) is 0 Å². The Labute approximate surface area is 83.8 Å². The second kappa shape index (κ2) is 9.84. The van der Waals surface area contributed by atoms with Gasteiger partial charge in [-0.3, -0.25) is 4.79 Å². The van der Waals surface area contributed by atoms with Crippen LogP contribution in [0.5, 0.6) is 0 Å². The van der Waals surface area contributed by atoms with E-state index >= 15 is 0 Å². The third-order valence-electron chi connectivity index (χ3n) is 1.08. The highest BCUT2D eigenvalue weighted by Gasteiger charge is 1.99. The Kier molecular flexibility index (Phi) is 10.7. The van der Waals surface area contributed by atoms with Gasteiger partial charge in [0, 0.05) is 5.56 Å². The van der Waals surface area contributed by atoms with Gasteiger partial charge in [0.15, 0.2) is 11.6 Å². The van der Waals surface area contributed by atoms with Crippen LogP contribution in [0, 0.1) is 11.6 Å². The second-order valence-electron chi connectivity index (χ2n) is 1.79. The summed E-state index contributed by atoms with van der Waals surface area (Å²) in [6.45, 7) is 8.00. The van der Waals surface area contributed by atoms with E-state index in [-0.39, 0.29) is 5.56 Å². The first kappa shape index (κ1) is 15.2. The molecule has 0 aliphatic rings. The lowest BCUT2D eigenvalue weighted by Gasteiger charge is -1.91. The summed E-state index contributed by atoms with van der Waals surface area (Å²) in [4.78, 5) is 9.98. The molecule has 0 aliphatic heterocycles. The molecule has 0 amide bonds. The molecule has 3 heteroatoms. The van der Waals surface area contributed by atoms with Gasteiger partial charge in [-0.25, -0.2) is 8.78 Å². The molecule has 0 saturated carbocycles. The first-order valence-corrected chi connectivity index (χ1v) is 4.64. The minimum absolute atomic E-state index is 0.138. The van der Waals surface area contributed by atoms with Crippen LogP contribution in [-0.4, -0.2) is 6.29 Å². The van der Waals surface area contributed by atoms with Gasteiger partial charge in [-0.1, -0.05) is 27.7 Å². The molecule has 0 saturated heterocycles. The first-order valence-electron chi connectivity index (χ1n) is 4.64. The smallest absolute Gasteiger partial charge is 0.159 e. The van der Waals surface area contributed by atoms with Gasteiger partial charge in [0.25, 0.3) is 0 Å². The molecule has 0 fully saturated rings. The molecule has 14 heavy (non-hydrogen) atoms. The normalized spacial score (nSPS) is 7.57. The zero-order valence-corrected chi connectivity index (χ0v) is 8.97. The summed E-state index contributed by atoms with van der Waals surface area (Å²) in [5, 5.41) is 0. The van der Waals surface area contributed by atoms with Gasteiger partial charge in [0.05, 0.1) is 0 Å². The van der Waals surface area contributed by atoms with Crippen molar-refractivity contribution in [2.24, 2.45) is 0 Å². The number of rotatable bonds is 1. The van der Waals surface area contributed by atoms with Crippen LogP contribution in [0.3, 0.4) is 0 Å². The minimum atomic E-state index is -0.996. The van der Waals surface area contributed by atoms with Crippen molar-refractivity contribution in [3.05, 3.63) is 35.4 Å². The number of aldehydes is 1. The fourth-order valence-electron chi connectivity index (χ4n) is 0.586. The molecule has 1 aromatic carbocycles. The van der Waals surface area contributed by atoms with E-state index in [4.69, 9.17) is 0 Å². The fourth-order valence-corrected chi connectivity index (χ4v) is 0.586. The quantitative estimate of drug-likeness (QED) is 0.632. The summed E-state index contributed by atoms with van der Waals surface area (Å²) >= 11 is 0. The van der Waals surface area contributed by atoms with Crippen LogP contribution in [0.2, 0.25) is 0 Å². The molecule has 0 spiro atoms. The molecule has 80 valence electrons. The summed E-state index contributed by atoms with van der Waals surface area (Å²) in [5.41, 5.74) is 0.138. The van der Waals surface area contributed by atoms with Crippen LogP contribution in [0.25, 0.3) is 0 Å². The summed E-state index contributed by atoms with van der Waals surface area (Å²) < 4.78 is 24.4. The van der Waals surface area contributed by atoms with Crippen molar-refractivity contribution < 1.29 is 13.6 Å². The molecule has 0 unspecified atom stereocenters. The minimum Gasteiger partial charge on any atom is -0.298 e. The number of hydrogen-bond acceptors (Lipinski definition) is 1. The maximum absolute atomic E-state index is 12.2. The van der Waals surface area contributed by atoms with Crippen LogP contribution in [0.1, 0.15) is 38.1 Å². The third-order valence-corrected chi connectivity index (χ3v) is 1.08. The molecule has 0 bridgehead atoms. The predicted molar refractivity (Wildman–Crippen MR) is 54.4 cm³/mol. The Hall–Kier alpha value is -1.25. The summed E-state index contributed by atoms with van der Waals surface area (Å²) in [7, 11) is 0. The van der Waals surface area contributed by atoms with E-state index < -0.39 is 11.6 Å². The lowest BCUT2D eigenvalue weighted by molar-refractivity contribution is 0.112. The van der Waals surface area contributed by atoms with Gasteiger partial charge in [-0.2, -0.15) is 0 Å². The average Bonchev–Trinajstić information content (AvgIpc) is 2.28. The SMILES string of the molecule is CC.CC.O=Cc1ccc(F)c(F)c1.